The average molecular weight is 221 g/mol. The van der Waals surface area contributed by atoms with E-state index in [0.29, 0.717) is 12.6 Å². The first kappa shape index (κ1) is 13.1. The summed E-state index contributed by atoms with van der Waals surface area (Å²) in [5.41, 5.74) is 7.97. The Morgan fingerprint density at radius 3 is 2.75 bits per heavy atom. The van der Waals surface area contributed by atoms with Gasteiger partial charge < -0.3 is 5.73 Å². The molecule has 0 unspecified atom stereocenters. The van der Waals surface area contributed by atoms with Crippen LogP contribution < -0.4 is 5.73 Å². The lowest BCUT2D eigenvalue weighted by Crippen LogP contribution is -2.31. The first-order valence-electron chi connectivity index (χ1n) is 6.05. The zero-order chi connectivity index (χ0) is 12.0. The van der Waals surface area contributed by atoms with Gasteiger partial charge in [0.25, 0.3) is 0 Å². The summed E-state index contributed by atoms with van der Waals surface area (Å²) in [7, 11) is 0. The summed E-state index contributed by atoms with van der Waals surface area (Å²) >= 11 is 0. The molecule has 0 radical (unpaired) electrons. The Kier molecular flexibility index (Phi) is 5.43. The number of hydrogen-bond donors (Lipinski definition) is 1. The highest BCUT2D eigenvalue weighted by atomic mass is 15.1. The fourth-order valence-electron chi connectivity index (χ4n) is 1.82. The summed E-state index contributed by atoms with van der Waals surface area (Å²) in [6.07, 6.45) is 2.99. The first-order chi connectivity index (χ1) is 7.69. The van der Waals surface area contributed by atoms with E-state index in [4.69, 9.17) is 5.73 Å². The molecule has 3 nitrogen and oxygen atoms in total. The standard InChI is InChI=1S/C13H23N3/c1-4-8-16(11(2)3)10-12-6-5-7-15-13(12)9-14/h5-7,11H,4,8-10,14H2,1-3H3. The lowest BCUT2D eigenvalue weighted by Gasteiger charge is -2.26. The van der Waals surface area contributed by atoms with Crippen molar-refractivity contribution in [1.82, 2.24) is 9.88 Å². The van der Waals surface area contributed by atoms with E-state index in [1.54, 1.807) is 0 Å². The Morgan fingerprint density at radius 2 is 2.19 bits per heavy atom. The molecule has 16 heavy (non-hydrogen) atoms. The van der Waals surface area contributed by atoms with Crippen LogP contribution in [0.5, 0.6) is 0 Å². The van der Waals surface area contributed by atoms with Crippen LogP contribution in [0.4, 0.5) is 0 Å². The molecule has 0 aromatic carbocycles. The van der Waals surface area contributed by atoms with E-state index in [9.17, 15) is 0 Å². The molecule has 0 aliphatic heterocycles. The molecule has 0 aliphatic carbocycles. The van der Waals surface area contributed by atoms with Crippen molar-refractivity contribution in [3.05, 3.63) is 29.6 Å². The third-order valence-corrected chi connectivity index (χ3v) is 2.79. The van der Waals surface area contributed by atoms with Crippen molar-refractivity contribution >= 4 is 0 Å². The van der Waals surface area contributed by atoms with Crippen LogP contribution in [0.15, 0.2) is 18.3 Å². The van der Waals surface area contributed by atoms with E-state index in [1.807, 2.05) is 12.3 Å². The van der Waals surface area contributed by atoms with Crippen molar-refractivity contribution < 1.29 is 0 Å². The average Bonchev–Trinajstić information content (AvgIpc) is 2.29. The summed E-state index contributed by atoms with van der Waals surface area (Å²) in [5, 5.41) is 0. The van der Waals surface area contributed by atoms with Gasteiger partial charge in [-0.15, -0.1) is 0 Å². The lowest BCUT2D eigenvalue weighted by molar-refractivity contribution is 0.212. The maximum atomic E-state index is 5.70. The number of pyridine rings is 1. The van der Waals surface area contributed by atoms with E-state index < -0.39 is 0 Å². The van der Waals surface area contributed by atoms with Gasteiger partial charge in [0.05, 0.1) is 5.69 Å². The molecule has 1 aromatic rings. The molecule has 0 atom stereocenters. The highest BCUT2D eigenvalue weighted by Gasteiger charge is 2.11. The minimum atomic E-state index is 0.522. The maximum Gasteiger partial charge on any atom is 0.0584 e. The summed E-state index contributed by atoms with van der Waals surface area (Å²) in [6, 6.07) is 4.67. The van der Waals surface area contributed by atoms with Gasteiger partial charge in [-0.1, -0.05) is 13.0 Å². The zero-order valence-electron chi connectivity index (χ0n) is 10.6. The Bertz CT molecular complexity index is 310. The Balaban J connectivity index is 2.76. The molecular weight excluding hydrogens is 198 g/mol. The topological polar surface area (TPSA) is 42.2 Å². The molecule has 1 rings (SSSR count). The van der Waals surface area contributed by atoms with Crippen LogP contribution in [0, 0.1) is 0 Å². The van der Waals surface area contributed by atoms with Crippen LogP contribution in [-0.2, 0) is 13.1 Å². The number of nitrogens with zero attached hydrogens (tertiary/aromatic N) is 2. The Labute approximate surface area is 98.7 Å². The molecule has 90 valence electrons. The van der Waals surface area contributed by atoms with Crippen molar-refractivity contribution in [2.24, 2.45) is 5.73 Å². The second-order valence-electron chi connectivity index (χ2n) is 4.38. The van der Waals surface area contributed by atoms with Crippen molar-refractivity contribution in [3.63, 3.8) is 0 Å². The van der Waals surface area contributed by atoms with Gasteiger partial charge in [0.2, 0.25) is 0 Å². The number of rotatable bonds is 6. The van der Waals surface area contributed by atoms with E-state index >= 15 is 0 Å². The molecule has 0 saturated heterocycles. The molecule has 1 aromatic heterocycles. The van der Waals surface area contributed by atoms with Gasteiger partial charge in [0.1, 0.15) is 0 Å². The SMILES string of the molecule is CCCN(Cc1cccnc1CN)C(C)C. The van der Waals surface area contributed by atoms with Crippen LogP contribution in [0.2, 0.25) is 0 Å². The molecule has 0 amide bonds. The van der Waals surface area contributed by atoms with Crippen molar-refractivity contribution in [2.75, 3.05) is 6.54 Å². The van der Waals surface area contributed by atoms with Crippen LogP contribution in [0.25, 0.3) is 0 Å². The normalized spacial score (nSPS) is 11.4. The Morgan fingerprint density at radius 1 is 1.44 bits per heavy atom. The fourth-order valence-corrected chi connectivity index (χ4v) is 1.82. The number of nitrogens with two attached hydrogens (primary N) is 1. The van der Waals surface area contributed by atoms with E-state index in [2.05, 4.69) is 36.7 Å². The van der Waals surface area contributed by atoms with Crippen LogP contribution in [-0.4, -0.2) is 22.5 Å². The van der Waals surface area contributed by atoms with Crippen LogP contribution >= 0.6 is 0 Å². The number of aromatic nitrogens is 1. The molecular formula is C13H23N3. The summed E-state index contributed by atoms with van der Waals surface area (Å²) in [6.45, 7) is 9.27. The fraction of sp³-hybridized carbons (Fsp3) is 0.615. The predicted octanol–water partition coefficient (Wildman–Crippen LogP) is 2.16. The summed E-state index contributed by atoms with van der Waals surface area (Å²) < 4.78 is 0. The second-order valence-corrected chi connectivity index (χ2v) is 4.38. The molecule has 0 bridgehead atoms. The molecule has 0 fully saturated rings. The number of hydrogen-bond acceptors (Lipinski definition) is 3. The third-order valence-electron chi connectivity index (χ3n) is 2.79. The van der Waals surface area contributed by atoms with E-state index in [-0.39, 0.29) is 0 Å². The monoisotopic (exact) mass is 221 g/mol. The lowest BCUT2D eigenvalue weighted by atomic mass is 10.1. The minimum Gasteiger partial charge on any atom is -0.325 e. The van der Waals surface area contributed by atoms with Gasteiger partial charge >= 0.3 is 0 Å². The highest BCUT2D eigenvalue weighted by molar-refractivity contribution is 5.19. The second kappa shape index (κ2) is 6.61. The summed E-state index contributed by atoms with van der Waals surface area (Å²) in [4.78, 5) is 6.77. The van der Waals surface area contributed by atoms with Crippen LogP contribution in [0.1, 0.15) is 38.4 Å². The smallest absolute Gasteiger partial charge is 0.0584 e. The first-order valence-corrected chi connectivity index (χ1v) is 6.05. The predicted molar refractivity (Wildman–Crippen MR) is 68.0 cm³/mol. The van der Waals surface area contributed by atoms with Gasteiger partial charge in [-0.25, -0.2) is 0 Å². The van der Waals surface area contributed by atoms with Crippen molar-refractivity contribution in [1.29, 1.82) is 0 Å². The minimum absolute atomic E-state index is 0.522. The van der Waals surface area contributed by atoms with E-state index in [0.717, 1.165) is 18.8 Å². The van der Waals surface area contributed by atoms with Crippen molar-refractivity contribution in [2.45, 2.75) is 46.3 Å². The Hall–Kier alpha value is -0.930. The molecule has 0 aliphatic rings. The third kappa shape index (κ3) is 3.58. The molecule has 2 N–H and O–H groups in total. The van der Waals surface area contributed by atoms with Gasteiger partial charge in [-0.05, 0) is 38.4 Å². The quantitative estimate of drug-likeness (QED) is 0.800. The molecule has 0 spiro atoms. The van der Waals surface area contributed by atoms with Gasteiger partial charge in [-0.2, -0.15) is 0 Å². The maximum absolute atomic E-state index is 5.70. The molecule has 0 saturated carbocycles. The highest BCUT2D eigenvalue weighted by Crippen LogP contribution is 2.11. The van der Waals surface area contributed by atoms with E-state index in [1.165, 1.54) is 12.0 Å². The van der Waals surface area contributed by atoms with Crippen molar-refractivity contribution in [3.8, 4) is 0 Å². The zero-order valence-corrected chi connectivity index (χ0v) is 10.6. The largest absolute Gasteiger partial charge is 0.325 e. The summed E-state index contributed by atoms with van der Waals surface area (Å²) in [5.74, 6) is 0. The van der Waals surface area contributed by atoms with Gasteiger partial charge in [-0.3, -0.25) is 9.88 Å². The van der Waals surface area contributed by atoms with Gasteiger partial charge in [0, 0.05) is 25.3 Å². The molecule has 3 heteroatoms. The molecule has 1 heterocycles. The van der Waals surface area contributed by atoms with Gasteiger partial charge in [0.15, 0.2) is 0 Å². The van der Waals surface area contributed by atoms with Crippen LogP contribution in [0.3, 0.4) is 0 Å².